The van der Waals surface area contributed by atoms with Crippen molar-refractivity contribution in [3.8, 4) is 0 Å². The van der Waals surface area contributed by atoms with Crippen molar-refractivity contribution in [1.29, 1.82) is 0 Å². The molecule has 0 radical (unpaired) electrons. The summed E-state index contributed by atoms with van der Waals surface area (Å²) in [6.07, 6.45) is 18.2. The van der Waals surface area contributed by atoms with Gasteiger partial charge < -0.3 is 131 Å². The molecule has 13 heterocycles. The molecule has 32 nitrogen and oxygen atoms in total. The van der Waals surface area contributed by atoms with Crippen molar-refractivity contribution >= 4 is 23.7 Å². The summed E-state index contributed by atoms with van der Waals surface area (Å²) < 4.78 is 127. The number of nitro groups is 1. The lowest BCUT2D eigenvalue weighted by Crippen LogP contribution is -2.58. The van der Waals surface area contributed by atoms with Gasteiger partial charge in [-0.25, -0.2) is 0 Å². The fourth-order valence-electron chi connectivity index (χ4n) is 21.7. The maximum Gasteiger partial charge on any atom is 0.316 e. The zero-order valence-corrected chi connectivity index (χ0v) is 81.9. The first-order chi connectivity index (χ1) is 63.2. The zero-order chi connectivity index (χ0) is 96.0. The van der Waals surface area contributed by atoms with E-state index in [0.29, 0.717) is 91.5 Å². The van der Waals surface area contributed by atoms with E-state index in [9.17, 15) is 50.3 Å². The van der Waals surface area contributed by atoms with Crippen LogP contribution in [0.15, 0.2) is 130 Å². The monoisotopic (exact) mass is 1890 g/mol. The molecular weight excluding hydrogens is 1740 g/mol. The van der Waals surface area contributed by atoms with Crippen LogP contribution in [0.4, 0.5) is 0 Å². The van der Waals surface area contributed by atoms with Gasteiger partial charge in [0.1, 0.15) is 89.1 Å². The normalized spacial score (nSPS) is 47.2. The molecule has 0 saturated carbocycles. The van der Waals surface area contributed by atoms with Crippen molar-refractivity contribution in [3.05, 3.63) is 140 Å². The number of fused-ring (bicyclic) bond motifs is 4. The summed E-state index contributed by atoms with van der Waals surface area (Å²) >= 11 is 1.50. The number of hydrogen-bond acceptors (Lipinski definition) is 32. The number of aliphatic hydroxyl groups excluding tert-OH is 4. The number of esters is 2. The second kappa shape index (κ2) is 45.5. The van der Waals surface area contributed by atoms with Gasteiger partial charge in [0, 0.05) is 116 Å². The summed E-state index contributed by atoms with van der Waals surface area (Å²) in [6, 6.07) is 0. The van der Waals surface area contributed by atoms with Crippen molar-refractivity contribution < 1.29 is 140 Å². The SMILES string of the molecule is CC[C@H](C)[C@H]1O[C@]2(C=C[C@@H]1C)C[C@@H]1C[C@@H](C/C=C(\C)[C@@H](O[C@H]3C[C@H](OC)[C@@H](O[C@H]4C[C@H](OC)[C@@H](O)[C@H](C)O4)[C@H](C)O3)[C@@H](C)/C=C/C=C3\CO[C@@H]4[C@H](O)C(C)=C[C@@H](C(=O)O1)[C@]34O)O2.CO[C@H]1C[C@H](O[C@H]2[C@H](C)O[C@@H](O[C@@H]3/C(C)=C/C[C@@H]4C[C@@H](C[C@]5(C=C[C@H](C)[C@@H](C(C)C)O5)O4)OC(=O)[C@@H]4C=C(C)[C@@H](O)[C@H]5OC/C(=C\C=C\[C@@H]3C)[C@]54O)C[C@@H]2OC)O[C@@H](C)[C@@H]1O.O=[N+]([O-])/C=C1/NCCCS1. The minimum Gasteiger partial charge on any atom is -0.462 e. The number of rotatable bonds is 16. The van der Waals surface area contributed by atoms with Crippen LogP contribution >= 0.6 is 11.8 Å². The molecule has 133 heavy (non-hydrogen) atoms. The summed E-state index contributed by atoms with van der Waals surface area (Å²) in [7, 11) is 6.44. The van der Waals surface area contributed by atoms with Gasteiger partial charge in [0.25, 0.3) is 6.20 Å². The largest absolute Gasteiger partial charge is 0.462 e. The van der Waals surface area contributed by atoms with Crippen LogP contribution in [-0.2, 0) is 104 Å². The molecule has 7 N–H and O–H groups in total. The molecule has 33 heteroatoms. The molecule has 15 aliphatic rings. The molecular formula is C100H150N2O30S. The van der Waals surface area contributed by atoms with Crippen LogP contribution < -0.4 is 5.32 Å². The van der Waals surface area contributed by atoms with E-state index in [1.165, 1.54) is 11.8 Å². The van der Waals surface area contributed by atoms with E-state index in [0.717, 1.165) is 42.5 Å². The van der Waals surface area contributed by atoms with E-state index in [1.807, 2.05) is 64.2 Å². The summed E-state index contributed by atoms with van der Waals surface area (Å²) in [4.78, 5) is 38.2. The van der Waals surface area contributed by atoms with Crippen LogP contribution in [0.3, 0.4) is 0 Å². The lowest BCUT2D eigenvalue weighted by molar-refractivity contribution is -0.403. The van der Waals surface area contributed by atoms with Gasteiger partial charge in [0.2, 0.25) is 0 Å². The third-order valence-electron chi connectivity index (χ3n) is 29.6. The molecule has 9 saturated heterocycles. The maximum atomic E-state index is 14.3. The second-order valence-corrected chi connectivity index (χ2v) is 40.8. The summed E-state index contributed by atoms with van der Waals surface area (Å²) in [5, 5.41) is 82.0. The highest BCUT2D eigenvalue weighted by molar-refractivity contribution is 8.03. The van der Waals surface area contributed by atoms with Crippen LogP contribution in [0.1, 0.15) is 188 Å². The minimum absolute atomic E-state index is 0.0313. The number of nitrogens with zero attached hydrogens (tertiary/aromatic N) is 1. The Bertz CT molecular complexity index is 4290. The predicted octanol–water partition coefficient (Wildman–Crippen LogP) is 11.2. The number of aliphatic hydroxyl groups is 6. The molecule has 2 aliphatic carbocycles. The number of allylic oxidation sites excluding steroid dienone is 4. The van der Waals surface area contributed by atoms with Crippen LogP contribution in [0, 0.1) is 57.5 Å². The van der Waals surface area contributed by atoms with Gasteiger partial charge in [0.15, 0.2) is 36.7 Å². The van der Waals surface area contributed by atoms with Crippen LogP contribution in [-0.4, -0.2) is 296 Å². The van der Waals surface area contributed by atoms with Gasteiger partial charge in [-0.2, -0.15) is 0 Å². The van der Waals surface area contributed by atoms with Gasteiger partial charge in [-0.3, -0.25) is 19.7 Å². The Hall–Kier alpha value is -5.33. The average molecular weight is 1890 g/mol. The summed E-state index contributed by atoms with van der Waals surface area (Å²) in [5.74, 6) is -4.20. The Morgan fingerprint density at radius 2 is 0.940 bits per heavy atom. The van der Waals surface area contributed by atoms with Gasteiger partial charge in [-0.15, -0.1) is 11.8 Å². The molecule has 15 rings (SSSR count). The number of thioether (sulfide) groups is 1. The van der Waals surface area contributed by atoms with E-state index in [1.54, 1.807) is 80.4 Å². The van der Waals surface area contributed by atoms with E-state index in [2.05, 4.69) is 85.0 Å². The maximum absolute atomic E-state index is 14.3. The Labute approximate surface area is 788 Å². The number of carbonyl (C=O) groups excluding carboxylic acids is 2. The lowest BCUT2D eigenvalue weighted by Gasteiger charge is -2.48. The van der Waals surface area contributed by atoms with Crippen LogP contribution in [0.5, 0.6) is 0 Å². The van der Waals surface area contributed by atoms with Crippen molar-refractivity contribution in [1.82, 2.24) is 5.32 Å². The third kappa shape index (κ3) is 24.0. The molecule has 746 valence electrons. The molecule has 13 aliphatic heterocycles. The quantitative estimate of drug-likeness (QED) is 0.0327. The van der Waals surface area contributed by atoms with Crippen molar-refractivity contribution in [2.75, 3.05) is 54.0 Å². The Balaban J connectivity index is 0.000000204. The molecule has 0 unspecified atom stereocenters. The lowest BCUT2D eigenvalue weighted by atomic mass is 9.71. The molecule has 0 aromatic carbocycles. The van der Waals surface area contributed by atoms with Crippen molar-refractivity contribution in [3.63, 3.8) is 0 Å². The van der Waals surface area contributed by atoms with Gasteiger partial charge in [-0.05, 0) is 132 Å². The van der Waals surface area contributed by atoms with E-state index < -0.39 is 187 Å². The number of methoxy groups -OCH3 is 4. The molecule has 39 atom stereocenters. The summed E-state index contributed by atoms with van der Waals surface area (Å²) in [5.41, 5.74) is 0.263. The molecule has 0 aromatic heterocycles. The third-order valence-corrected chi connectivity index (χ3v) is 30.6. The van der Waals surface area contributed by atoms with Gasteiger partial charge >= 0.3 is 11.9 Å². The Kier molecular flexibility index (Phi) is 35.9. The average Bonchev–Trinajstić information content (AvgIpc) is 1.60. The molecule has 0 amide bonds. The highest BCUT2D eigenvalue weighted by Gasteiger charge is 2.63. The molecule has 4 bridgehead atoms. The van der Waals surface area contributed by atoms with E-state index in [-0.39, 0.29) is 85.3 Å². The minimum atomic E-state index is -1.84. The number of carbonyl (C=O) groups is 2. The number of ether oxygens (including phenoxy) is 20. The fraction of sp³-hybridized carbons (Fsp3) is 0.760. The van der Waals surface area contributed by atoms with E-state index >= 15 is 0 Å². The van der Waals surface area contributed by atoms with Gasteiger partial charge in [-0.1, -0.05) is 135 Å². The first kappa shape index (κ1) is 105. The first-order valence-electron chi connectivity index (χ1n) is 48.2. The van der Waals surface area contributed by atoms with E-state index in [4.69, 9.17) is 94.7 Å². The smallest absolute Gasteiger partial charge is 0.316 e. The number of nitrogens with one attached hydrogen (secondary N) is 1. The van der Waals surface area contributed by atoms with Crippen LogP contribution in [0.25, 0.3) is 0 Å². The molecule has 0 aromatic rings. The molecule has 9 fully saturated rings. The highest BCUT2D eigenvalue weighted by atomic mass is 32.2. The predicted molar refractivity (Wildman–Crippen MR) is 490 cm³/mol. The Morgan fingerprint density at radius 1 is 0.534 bits per heavy atom. The highest BCUT2D eigenvalue weighted by Crippen LogP contribution is 2.51. The first-order valence-corrected chi connectivity index (χ1v) is 49.2. The molecule has 2 spiro atoms. The second-order valence-electron chi connectivity index (χ2n) is 39.7. The topological polar surface area (TPSA) is 395 Å². The fourth-order valence-corrected chi connectivity index (χ4v) is 22.6. The Morgan fingerprint density at radius 3 is 1.34 bits per heavy atom. The zero-order valence-electron chi connectivity index (χ0n) is 81.1. The van der Waals surface area contributed by atoms with Crippen LogP contribution in [0.2, 0.25) is 0 Å². The van der Waals surface area contributed by atoms with Gasteiger partial charge in [0.05, 0.1) is 104 Å². The standard InChI is InChI=1S/C48H72O14.C47H70O14.C5H8N2O2S/c1-11-25(2)43-28(5)17-18-47(62-43)23-34-20-33(61-47)16-15-27(4)42(26(3)13-12-14-32-24-55-45-40(49)29(6)19-35(46(51)58-34)48(32,45)52)59-39-22-37(54-10)44(31(8)57-39)60-38-21-36(53-9)41(50)30(7)56-38;1-24(2)41-27(5)16-17-46(61-41)22-33-19-32(60-46)15-14-26(4)42(25(3)12-11-13-31-23-54-44-39(48)28(6)18-34(45(50)57-33)47(31,44)51)58-38-21-36(53-10)43(30(8)56-38)59-37-20-35(52-9)40(49)29(7)55-37;8-7(9)4-5-6-2-1-3-10-5/h12-15,17-19,25-26,28,30-31,33-45,49-50,52H,11,16,20-24H2,1-10H3;11-14,16-18,24-25,27,29-30,32-44,48-49,51H,15,19-23H2,1-10H3;4,6H,1-3H2/b13-12+,27-15+,32-14+;12-11+,26-14+,31-13+;5-4-/t25-,26-,28-,30-,31-,33+,34-,35-,36-,37-,38-,39-,40+,41-,42-,43+,44-,45+,47+,48+;25-,27-,29-,30-,32+,33-,34-,35-,36-,37-,38-,39+,40-,41+,42-,43-,44+,46+,47+;/m00./s1. The summed E-state index contributed by atoms with van der Waals surface area (Å²) in [6.45, 7) is 32.9. The van der Waals surface area contributed by atoms with Crippen molar-refractivity contribution in [2.45, 2.75) is 382 Å². The number of hydrogen-bond donors (Lipinski definition) is 7. The van der Waals surface area contributed by atoms with Crippen molar-refractivity contribution in [2.24, 2.45) is 47.3 Å².